The number of nitrogens with one attached hydrogen (secondary N) is 1. The van der Waals surface area contributed by atoms with Gasteiger partial charge in [-0.2, -0.15) is 0 Å². The average molecular weight is 219 g/mol. The number of hydrogen-bond acceptors (Lipinski definition) is 2. The van der Waals surface area contributed by atoms with Crippen molar-refractivity contribution in [2.24, 2.45) is 0 Å². The molecule has 0 unspecified atom stereocenters. The van der Waals surface area contributed by atoms with Gasteiger partial charge < -0.3 is 0 Å². The maximum absolute atomic E-state index is 11.8. The molecule has 1 atom stereocenters. The van der Waals surface area contributed by atoms with Crippen molar-refractivity contribution in [1.82, 2.24) is 14.8 Å². The summed E-state index contributed by atoms with van der Waals surface area (Å²) >= 11 is 0. The zero-order valence-corrected chi connectivity index (χ0v) is 10.2. The molecule has 4 nitrogen and oxygen atoms in total. The third-order valence-electron chi connectivity index (χ3n) is 3.03. The number of aryl methyl sites for hydroxylation is 2. The van der Waals surface area contributed by atoms with Gasteiger partial charge in [0, 0.05) is 11.7 Å². The van der Waals surface area contributed by atoms with Gasteiger partial charge >= 0.3 is 0 Å². The summed E-state index contributed by atoms with van der Waals surface area (Å²) in [4.78, 5) is 16.3. The minimum atomic E-state index is -0.0414. The van der Waals surface area contributed by atoms with E-state index in [9.17, 15) is 4.79 Å². The Kier molecular flexibility index (Phi) is 2.58. The van der Waals surface area contributed by atoms with Crippen LogP contribution in [0.1, 0.15) is 37.6 Å². The summed E-state index contributed by atoms with van der Waals surface area (Å²) in [5, 5.41) is 3.58. The molecule has 2 heterocycles. The Balaban J connectivity index is 2.83. The number of aromatic amines is 1. The second kappa shape index (κ2) is 3.77. The molecule has 0 fully saturated rings. The van der Waals surface area contributed by atoms with Crippen LogP contribution >= 0.6 is 0 Å². The monoisotopic (exact) mass is 219 g/mol. The molecule has 2 aromatic rings. The molecule has 0 amide bonds. The molecule has 0 radical (unpaired) electrons. The fraction of sp³-hybridized carbons (Fsp3) is 0.500. The molecule has 0 saturated heterocycles. The Morgan fingerprint density at radius 3 is 2.81 bits per heavy atom. The van der Waals surface area contributed by atoms with Crippen LogP contribution in [0.15, 0.2) is 10.9 Å². The second-order valence-electron chi connectivity index (χ2n) is 4.35. The summed E-state index contributed by atoms with van der Waals surface area (Å²) < 4.78 is 1.87. The second-order valence-corrected chi connectivity index (χ2v) is 4.35. The van der Waals surface area contributed by atoms with Crippen molar-refractivity contribution in [1.29, 1.82) is 0 Å². The van der Waals surface area contributed by atoms with Crippen LogP contribution in [0.25, 0.3) is 11.0 Å². The van der Waals surface area contributed by atoms with Crippen molar-refractivity contribution < 1.29 is 0 Å². The molecular formula is C12H17N3O. The smallest absolute Gasteiger partial charge is 0.267 e. The largest absolute Gasteiger partial charge is 0.273 e. The van der Waals surface area contributed by atoms with Crippen molar-refractivity contribution in [3.05, 3.63) is 27.7 Å². The average Bonchev–Trinajstić information content (AvgIpc) is 2.54. The van der Waals surface area contributed by atoms with Crippen LogP contribution < -0.4 is 5.56 Å². The number of rotatable bonds is 2. The normalized spacial score (nSPS) is 13.2. The van der Waals surface area contributed by atoms with E-state index in [0.29, 0.717) is 5.39 Å². The lowest BCUT2D eigenvalue weighted by Gasteiger charge is -2.11. The molecule has 4 heteroatoms. The van der Waals surface area contributed by atoms with Gasteiger partial charge in [-0.3, -0.25) is 14.6 Å². The van der Waals surface area contributed by atoms with E-state index in [1.807, 2.05) is 24.6 Å². The number of nitrogens with zero attached hydrogens (tertiary/aromatic N) is 2. The van der Waals surface area contributed by atoms with Gasteiger partial charge in [-0.05, 0) is 38.8 Å². The highest BCUT2D eigenvalue weighted by Gasteiger charge is 2.14. The first kappa shape index (κ1) is 10.9. The van der Waals surface area contributed by atoms with E-state index in [1.54, 1.807) is 0 Å². The first-order chi connectivity index (χ1) is 7.54. The topological polar surface area (TPSA) is 50.7 Å². The summed E-state index contributed by atoms with van der Waals surface area (Å²) in [5.41, 5.74) is 2.67. The van der Waals surface area contributed by atoms with E-state index < -0.39 is 0 Å². The highest BCUT2D eigenvalue weighted by molar-refractivity contribution is 5.78. The number of H-pyrrole nitrogens is 1. The van der Waals surface area contributed by atoms with Crippen LogP contribution in [0.2, 0.25) is 0 Å². The Hall–Kier alpha value is -1.58. The fourth-order valence-electron chi connectivity index (χ4n) is 1.99. The maximum Gasteiger partial charge on any atom is 0.273 e. The highest BCUT2D eigenvalue weighted by Crippen LogP contribution is 2.18. The molecule has 2 rings (SSSR count). The van der Waals surface area contributed by atoms with E-state index in [1.165, 1.54) is 0 Å². The Labute approximate surface area is 94.3 Å². The van der Waals surface area contributed by atoms with Crippen LogP contribution in [0.3, 0.4) is 0 Å². The highest BCUT2D eigenvalue weighted by atomic mass is 16.1. The molecule has 0 aromatic carbocycles. The molecule has 0 spiro atoms. The number of hydrogen-bond donors (Lipinski definition) is 1. The van der Waals surface area contributed by atoms with Gasteiger partial charge in [0.2, 0.25) is 0 Å². The van der Waals surface area contributed by atoms with E-state index >= 15 is 0 Å². The lowest BCUT2D eigenvalue weighted by atomic mass is 10.2. The zero-order chi connectivity index (χ0) is 11.9. The van der Waals surface area contributed by atoms with Gasteiger partial charge in [0.05, 0.1) is 5.39 Å². The fourth-order valence-corrected chi connectivity index (χ4v) is 1.99. The first-order valence-corrected chi connectivity index (χ1v) is 5.63. The molecule has 0 saturated carbocycles. The molecule has 86 valence electrons. The predicted octanol–water partition coefficient (Wildman–Crippen LogP) is 2.31. The Morgan fingerprint density at radius 1 is 1.50 bits per heavy atom. The molecule has 0 bridgehead atoms. The van der Waals surface area contributed by atoms with Gasteiger partial charge in [-0.15, -0.1) is 0 Å². The zero-order valence-electron chi connectivity index (χ0n) is 10.2. The van der Waals surface area contributed by atoms with Gasteiger partial charge in [0.1, 0.15) is 0 Å². The molecule has 0 aliphatic heterocycles. The maximum atomic E-state index is 11.8. The predicted molar refractivity (Wildman–Crippen MR) is 64.8 cm³/mol. The van der Waals surface area contributed by atoms with Gasteiger partial charge in [0.25, 0.3) is 5.56 Å². The lowest BCUT2D eigenvalue weighted by molar-refractivity contribution is 0.486. The summed E-state index contributed by atoms with van der Waals surface area (Å²) in [7, 11) is 0. The molecule has 2 aromatic heterocycles. The summed E-state index contributed by atoms with van der Waals surface area (Å²) in [5.74, 6) is 0. The minimum absolute atomic E-state index is 0.0414. The van der Waals surface area contributed by atoms with Gasteiger partial charge in [0.15, 0.2) is 5.65 Å². The minimum Gasteiger partial charge on any atom is -0.267 e. The number of fused-ring (bicyclic) bond motifs is 1. The van der Waals surface area contributed by atoms with Crippen LogP contribution in [0.5, 0.6) is 0 Å². The standard InChI is InChI=1S/C12H17N3O/c1-5-9(4)15-11-10(12(16)14-15)7(2)6-8(3)13-11/h6,9H,5H2,1-4H3,(H,14,16)/t9-/m0/s1. The quantitative estimate of drug-likeness (QED) is 0.842. The Morgan fingerprint density at radius 2 is 2.19 bits per heavy atom. The van der Waals surface area contributed by atoms with Gasteiger partial charge in [-0.1, -0.05) is 6.92 Å². The van der Waals surface area contributed by atoms with Gasteiger partial charge in [-0.25, -0.2) is 4.98 Å². The third-order valence-corrected chi connectivity index (χ3v) is 3.03. The molecule has 16 heavy (non-hydrogen) atoms. The third kappa shape index (κ3) is 1.54. The van der Waals surface area contributed by atoms with Crippen molar-refractivity contribution in [2.45, 2.75) is 40.2 Å². The molecular weight excluding hydrogens is 202 g/mol. The molecule has 0 aliphatic rings. The number of aromatic nitrogens is 3. The number of pyridine rings is 1. The van der Waals surface area contributed by atoms with Crippen LogP contribution in [-0.4, -0.2) is 14.8 Å². The van der Waals surface area contributed by atoms with E-state index in [4.69, 9.17) is 0 Å². The summed E-state index contributed by atoms with van der Waals surface area (Å²) in [6, 6.07) is 2.21. The van der Waals surface area contributed by atoms with Crippen molar-refractivity contribution in [3.8, 4) is 0 Å². The van der Waals surface area contributed by atoms with E-state index in [0.717, 1.165) is 23.3 Å². The lowest BCUT2D eigenvalue weighted by Crippen LogP contribution is -2.10. The van der Waals surface area contributed by atoms with Crippen LogP contribution in [-0.2, 0) is 0 Å². The summed E-state index contributed by atoms with van der Waals surface area (Å²) in [6.07, 6.45) is 0.967. The first-order valence-electron chi connectivity index (χ1n) is 5.63. The van der Waals surface area contributed by atoms with Crippen LogP contribution in [0.4, 0.5) is 0 Å². The van der Waals surface area contributed by atoms with E-state index in [2.05, 4.69) is 23.9 Å². The summed E-state index contributed by atoms with van der Waals surface area (Å²) in [6.45, 7) is 8.07. The Bertz CT molecular complexity index is 580. The molecule has 1 N–H and O–H groups in total. The van der Waals surface area contributed by atoms with E-state index in [-0.39, 0.29) is 11.6 Å². The molecule has 0 aliphatic carbocycles. The van der Waals surface area contributed by atoms with Crippen LogP contribution in [0, 0.1) is 13.8 Å². The van der Waals surface area contributed by atoms with Crippen molar-refractivity contribution in [3.63, 3.8) is 0 Å². The SMILES string of the molecule is CC[C@H](C)n1[nH]c(=O)c2c(C)cc(C)nc21. The van der Waals surface area contributed by atoms with Crippen molar-refractivity contribution in [2.75, 3.05) is 0 Å². The van der Waals surface area contributed by atoms with Crippen molar-refractivity contribution >= 4 is 11.0 Å².